The molecule has 0 aromatic heterocycles. The van der Waals surface area contributed by atoms with Crippen molar-refractivity contribution in [2.75, 3.05) is 33.2 Å². The third kappa shape index (κ3) is 7.45. The molecule has 0 radical (unpaired) electrons. The Balaban J connectivity index is 0.00000441. The van der Waals surface area contributed by atoms with Crippen LogP contribution in [0.3, 0.4) is 0 Å². The topological polar surface area (TPSA) is 61.4 Å². The average Bonchev–Trinajstić information content (AvgIpc) is 2.44. The highest BCUT2D eigenvalue weighted by molar-refractivity contribution is 5.85. The number of nitrogens with zero attached hydrogens (tertiary/aromatic N) is 1. The fraction of sp³-hybridized carbons (Fsp3) is 0.875. The number of likely N-dealkylation sites (tertiary alicyclic amines) is 1. The third-order valence-electron chi connectivity index (χ3n) is 4.08. The van der Waals surface area contributed by atoms with Crippen molar-refractivity contribution < 1.29 is 9.59 Å². The minimum Gasteiger partial charge on any atom is -0.355 e. The molecule has 5 nitrogen and oxygen atoms in total. The number of nitrogens with one attached hydrogen (secondary N) is 2. The van der Waals surface area contributed by atoms with Gasteiger partial charge in [-0.15, -0.1) is 12.4 Å². The molecule has 1 heterocycles. The first-order valence-corrected chi connectivity index (χ1v) is 8.05. The monoisotopic (exact) mass is 333 g/mol. The number of amides is 2. The molecule has 22 heavy (non-hydrogen) atoms. The molecule has 1 saturated heterocycles. The zero-order valence-electron chi connectivity index (χ0n) is 14.4. The second kappa shape index (κ2) is 10.1. The summed E-state index contributed by atoms with van der Waals surface area (Å²) in [5.74, 6) is 0.902. The van der Waals surface area contributed by atoms with E-state index in [1.165, 1.54) is 6.42 Å². The number of piperidine rings is 1. The van der Waals surface area contributed by atoms with E-state index in [0.29, 0.717) is 13.0 Å². The number of halogens is 1. The van der Waals surface area contributed by atoms with Gasteiger partial charge in [0, 0.05) is 31.5 Å². The van der Waals surface area contributed by atoms with Crippen LogP contribution in [-0.2, 0) is 9.59 Å². The summed E-state index contributed by atoms with van der Waals surface area (Å²) in [7, 11) is 1.98. The molecule has 0 aromatic rings. The molecule has 0 saturated carbocycles. The third-order valence-corrected chi connectivity index (χ3v) is 4.08. The number of carbonyl (C=O) groups is 2. The van der Waals surface area contributed by atoms with Crippen molar-refractivity contribution in [1.82, 2.24) is 15.5 Å². The number of rotatable bonds is 6. The van der Waals surface area contributed by atoms with Gasteiger partial charge in [0.15, 0.2) is 0 Å². The molecule has 6 heteroatoms. The summed E-state index contributed by atoms with van der Waals surface area (Å²) >= 11 is 0. The lowest BCUT2D eigenvalue weighted by Crippen LogP contribution is -2.41. The molecule has 0 aliphatic carbocycles. The SMILES string of the molecule is CNCCC1CCN(C(=O)CCNC(=O)C(C)(C)C)CC1.Cl. The molecular weight excluding hydrogens is 302 g/mol. The van der Waals surface area contributed by atoms with Crippen molar-refractivity contribution >= 4 is 24.2 Å². The first-order valence-electron chi connectivity index (χ1n) is 8.05. The molecule has 2 N–H and O–H groups in total. The summed E-state index contributed by atoms with van der Waals surface area (Å²) in [6.07, 6.45) is 3.80. The number of carbonyl (C=O) groups excluding carboxylic acids is 2. The second-order valence-electron chi connectivity index (χ2n) is 6.97. The van der Waals surface area contributed by atoms with Crippen LogP contribution < -0.4 is 10.6 Å². The van der Waals surface area contributed by atoms with Crippen LogP contribution in [0, 0.1) is 11.3 Å². The van der Waals surface area contributed by atoms with E-state index in [-0.39, 0.29) is 24.2 Å². The highest BCUT2D eigenvalue weighted by Crippen LogP contribution is 2.20. The zero-order valence-corrected chi connectivity index (χ0v) is 15.2. The van der Waals surface area contributed by atoms with E-state index >= 15 is 0 Å². The summed E-state index contributed by atoms with van der Waals surface area (Å²) in [4.78, 5) is 25.8. The highest BCUT2D eigenvalue weighted by atomic mass is 35.5. The van der Waals surface area contributed by atoms with Crippen LogP contribution >= 0.6 is 12.4 Å². The molecule has 1 rings (SSSR count). The Morgan fingerprint density at radius 3 is 2.23 bits per heavy atom. The number of hydrogen-bond donors (Lipinski definition) is 2. The second-order valence-corrected chi connectivity index (χ2v) is 6.97. The Morgan fingerprint density at radius 1 is 1.14 bits per heavy atom. The lowest BCUT2D eigenvalue weighted by molar-refractivity contribution is -0.133. The van der Waals surface area contributed by atoms with Crippen molar-refractivity contribution in [3.8, 4) is 0 Å². The maximum atomic E-state index is 12.1. The Kier molecular flexibility index (Phi) is 9.69. The van der Waals surface area contributed by atoms with Crippen molar-refractivity contribution in [3.05, 3.63) is 0 Å². The average molecular weight is 334 g/mol. The predicted molar refractivity (Wildman–Crippen MR) is 92.2 cm³/mol. The molecule has 0 atom stereocenters. The van der Waals surface area contributed by atoms with Gasteiger partial charge in [0.1, 0.15) is 0 Å². The molecule has 2 amide bonds. The van der Waals surface area contributed by atoms with Gasteiger partial charge in [-0.3, -0.25) is 9.59 Å². The van der Waals surface area contributed by atoms with Crippen LogP contribution in [-0.4, -0.2) is 49.9 Å². The summed E-state index contributed by atoms with van der Waals surface area (Å²) in [5, 5.41) is 6.01. The van der Waals surface area contributed by atoms with Gasteiger partial charge in [0.25, 0.3) is 0 Å². The van der Waals surface area contributed by atoms with Gasteiger partial charge in [-0.1, -0.05) is 20.8 Å². The predicted octanol–water partition coefficient (Wildman–Crippen LogP) is 1.81. The smallest absolute Gasteiger partial charge is 0.225 e. The van der Waals surface area contributed by atoms with E-state index in [2.05, 4.69) is 10.6 Å². The first kappa shape index (κ1) is 21.2. The molecule has 0 aromatic carbocycles. The Bertz CT molecular complexity index is 348. The fourth-order valence-corrected chi connectivity index (χ4v) is 2.53. The highest BCUT2D eigenvalue weighted by Gasteiger charge is 2.23. The van der Waals surface area contributed by atoms with E-state index in [1.54, 1.807) is 0 Å². The van der Waals surface area contributed by atoms with Crippen molar-refractivity contribution in [2.24, 2.45) is 11.3 Å². The van der Waals surface area contributed by atoms with E-state index in [9.17, 15) is 9.59 Å². The van der Waals surface area contributed by atoms with Crippen molar-refractivity contribution in [1.29, 1.82) is 0 Å². The maximum Gasteiger partial charge on any atom is 0.225 e. The lowest BCUT2D eigenvalue weighted by Gasteiger charge is -2.32. The Morgan fingerprint density at radius 2 is 1.73 bits per heavy atom. The minimum absolute atomic E-state index is 0. The fourth-order valence-electron chi connectivity index (χ4n) is 2.53. The van der Waals surface area contributed by atoms with E-state index in [4.69, 9.17) is 0 Å². The van der Waals surface area contributed by atoms with E-state index in [1.807, 2.05) is 32.7 Å². The quantitative estimate of drug-likeness (QED) is 0.779. The summed E-state index contributed by atoms with van der Waals surface area (Å²) in [6, 6.07) is 0. The van der Waals surface area contributed by atoms with Gasteiger partial charge in [0.2, 0.25) is 11.8 Å². The Hall–Kier alpha value is -0.810. The molecule has 0 unspecified atom stereocenters. The van der Waals surface area contributed by atoms with Crippen LogP contribution in [0.5, 0.6) is 0 Å². The van der Waals surface area contributed by atoms with Crippen LogP contribution in [0.2, 0.25) is 0 Å². The molecule has 0 bridgehead atoms. The lowest BCUT2D eigenvalue weighted by atomic mass is 9.93. The van der Waals surface area contributed by atoms with Gasteiger partial charge >= 0.3 is 0 Å². The normalized spacial score (nSPS) is 16.1. The zero-order chi connectivity index (χ0) is 15.9. The maximum absolute atomic E-state index is 12.1. The van der Waals surface area contributed by atoms with E-state index in [0.717, 1.165) is 38.4 Å². The summed E-state index contributed by atoms with van der Waals surface area (Å²) < 4.78 is 0. The van der Waals surface area contributed by atoms with Crippen molar-refractivity contribution in [2.45, 2.75) is 46.5 Å². The largest absolute Gasteiger partial charge is 0.355 e. The van der Waals surface area contributed by atoms with E-state index < -0.39 is 5.41 Å². The molecule has 1 aliphatic rings. The van der Waals surface area contributed by atoms with Crippen LogP contribution in [0.15, 0.2) is 0 Å². The standard InChI is InChI=1S/C16H31N3O2.ClH/c1-16(2,3)15(21)18-10-6-14(20)19-11-7-13(8-12-19)5-9-17-4;/h13,17H,5-12H2,1-4H3,(H,18,21);1H. The van der Waals surface area contributed by atoms with Crippen LogP contribution in [0.25, 0.3) is 0 Å². The molecule has 130 valence electrons. The molecular formula is C16H32ClN3O2. The summed E-state index contributed by atoms with van der Waals surface area (Å²) in [6.45, 7) is 8.84. The van der Waals surface area contributed by atoms with Crippen molar-refractivity contribution in [3.63, 3.8) is 0 Å². The molecule has 0 spiro atoms. The minimum atomic E-state index is -0.394. The van der Waals surface area contributed by atoms with Gasteiger partial charge in [-0.25, -0.2) is 0 Å². The molecule has 1 aliphatic heterocycles. The van der Waals surface area contributed by atoms with Gasteiger partial charge in [0.05, 0.1) is 0 Å². The van der Waals surface area contributed by atoms with Gasteiger partial charge in [-0.2, -0.15) is 0 Å². The van der Waals surface area contributed by atoms with Gasteiger partial charge in [-0.05, 0) is 38.8 Å². The molecule has 1 fully saturated rings. The Labute approximate surface area is 141 Å². The summed E-state index contributed by atoms with van der Waals surface area (Å²) in [5.41, 5.74) is -0.394. The van der Waals surface area contributed by atoms with Crippen LogP contribution in [0.4, 0.5) is 0 Å². The number of hydrogen-bond acceptors (Lipinski definition) is 3. The van der Waals surface area contributed by atoms with Crippen LogP contribution in [0.1, 0.15) is 46.5 Å². The van der Waals surface area contributed by atoms with Gasteiger partial charge < -0.3 is 15.5 Å². The first-order chi connectivity index (χ1) is 9.84.